The molecule has 0 aliphatic carbocycles. The molecule has 2 unspecified atom stereocenters. The van der Waals surface area contributed by atoms with Crippen LogP contribution in [0.3, 0.4) is 0 Å². The van der Waals surface area contributed by atoms with Crippen LogP contribution in [0.25, 0.3) is 0 Å². The predicted molar refractivity (Wildman–Crippen MR) is 110 cm³/mol. The van der Waals surface area contributed by atoms with Gasteiger partial charge in [-0.2, -0.15) is 13.2 Å². The van der Waals surface area contributed by atoms with E-state index in [1.165, 1.54) is 22.1 Å². The zero-order chi connectivity index (χ0) is 23.4. The van der Waals surface area contributed by atoms with E-state index >= 15 is 0 Å². The lowest BCUT2D eigenvalue weighted by Crippen LogP contribution is -2.47. The number of likely N-dealkylation sites (tertiary alicyclic amines) is 1. The molecule has 2 fully saturated rings. The normalized spacial score (nSPS) is 23.6. The van der Waals surface area contributed by atoms with Crippen molar-refractivity contribution in [2.75, 3.05) is 25.0 Å². The molecule has 4 rings (SSSR count). The van der Waals surface area contributed by atoms with E-state index in [-0.39, 0.29) is 11.6 Å². The second-order valence-corrected chi connectivity index (χ2v) is 9.27. The van der Waals surface area contributed by atoms with E-state index in [9.17, 15) is 17.6 Å². The SMILES string of the molecule is Cc1ccc(CN2CCCC3(CC(Nc4ncc(F)cn4)CO3)C2)s1.O=C(O)C(F)(F)F. The number of aromatic nitrogens is 2. The molecule has 2 aromatic heterocycles. The van der Waals surface area contributed by atoms with Crippen molar-refractivity contribution in [3.63, 3.8) is 0 Å². The minimum absolute atomic E-state index is 0.0811. The Balaban J connectivity index is 0.000000360. The van der Waals surface area contributed by atoms with Crippen LogP contribution in [0.15, 0.2) is 24.5 Å². The van der Waals surface area contributed by atoms with E-state index in [1.54, 1.807) is 0 Å². The van der Waals surface area contributed by atoms with Crippen molar-refractivity contribution in [1.82, 2.24) is 14.9 Å². The van der Waals surface area contributed by atoms with Gasteiger partial charge in [0.25, 0.3) is 0 Å². The first-order valence-corrected chi connectivity index (χ1v) is 10.8. The van der Waals surface area contributed by atoms with E-state index in [0.29, 0.717) is 12.6 Å². The Labute approximate surface area is 186 Å². The summed E-state index contributed by atoms with van der Waals surface area (Å²) in [5, 5.41) is 10.4. The number of hydrogen-bond donors (Lipinski definition) is 2. The van der Waals surface area contributed by atoms with Crippen molar-refractivity contribution in [2.24, 2.45) is 0 Å². The van der Waals surface area contributed by atoms with E-state index in [1.807, 2.05) is 11.3 Å². The highest BCUT2D eigenvalue weighted by atomic mass is 32.1. The molecule has 4 heterocycles. The summed E-state index contributed by atoms with van der Waals surface area (Å²) < 4.78 is 50.9. The van der Waals surface area contributed by atoms with Gasteiger partial charge >= 0.3 is 12.1 Å². The van der Waals surface area contributed by atoms with Crippen LogP contribution in [0, 0.1) is 12.7 Å². The van der Waals surface area contributed by atoms with Crippen LogP contribution in [0.1, 0.15) is 29.0 Å². The Hall–Kier alpha value is -2.31. The van der Waals surface area contributed by atoms with Gasteiger partial charge in [-0.3, -0.25) is 4.90 Å². The van der Waals surface area contributed by atoms with Crippen LogP contribution in [0.2, 0.25) is 0 Å². The van der Waals surface area contributed by atoms with Crippen LogP contribution in [-0.4, -0.2) is 63.5 Å². The number of hydrogen-bond acceptors (Lipinski definition) is 7. The van der Waals surface area contributed by atoms with Gasteiger partial charge in [0, 0.05) is 29.3 Å². The van der Waals surface area contributed by atoms with Crippen molar-refractivity contribution in [3.8, 4) is 0 Å². The summed E-state index contributed by atoms with van der Waals surface area (Å²) in [6.45, 7) is 5.89. The molecule has 0 saturated carbocycles. The van der Waals surface area contributed by atoms with Crippen LogP contribution in [0.4, 0.5) is 23.5 Å². The Morgan fingerprint density at radius 3 is 2.66 bits per heavy atom. The van der Waals surface area contributed by atoms with Gasteiger partial charge in [0.05, 0.1) is 30.6 Å². The monoisotopic (exact) mass is 476 g/mol. The van der Waals surface area contributed by atoms with Crippen LogP contribution in [0.5, 0.6) is 0 Å². The Morgan fingerprint density at radius 1 is 1.38 bits per heavy atom. The molecule has 32 heavy (non-hydrogen) atoms. The number of anilines is 1. The second kappa shape index (κ2) is 10.1. The number of nitrogens with zero attached hydrogens (tertiary/aromatic N) is 3. The molecule has 2 saturated heterocycles. The zero-order valence-electron chi connectivity index (χ0n) is 17.4. The summed E-state index contributed by atoms with van der Waals surface area (Å²) >= 11 is 1.87. The molecule has 0 radical (unpaired) electrons. The third-order valence-corrected chi connectivity index (χ3v) is 6.18. The first-order chi connectivity index (χ1) is 15.0. The van der Waals surface area contributed by atoms with Gasteiger partial charge in [0.1, 0.15) is 0 Å². The van der Waals surface area contributed by atoms with E-state index in [2.05, 4.69) is 39.2 Å². The first-order valence-electron chi connectivity index (χ1n) is 10.0. The predicted octanol–water partition coefficient (Wildman–Crippen LogP) is 3.85. The second-order valence-electron chi connectivity index (χ2n) is 7.89. The van der Waals surface area contributed by atoms with Crippen molar-refractivity contribution in [3.05, 3.63) is 40.1 Å². The molecule has 0 amide bonds. The minimum atomic E-state index is -5.08. The molecule has 1 spiro atoms. The van der Waals surface area contributed by atoms with Gasteiger partial charge in [0.2, 0.25) is 5.95 Å². The first kappa shape index (κ1) is 24.3. The molecular formula is C20H24F4N4O3S. The zero-order valence-corrected chi connectivity index (χ0v) is 18.2. The number of carbonyl (C=O) groups is 1. The number of carboxylic acids is 1. The van der Waals surface area contributed by atoms with Gasteiger partial charge in [-0.1, -0.05) is 0 Å². The summed E-state index contributed by atoms with van der Waals surface area (Å²) in [6.07, 6.45) is 0.478. The molecular weight excluding hydrogens is 452 g/mol. The van der Waals surface area contributed by atoms with Crippen molar-refractivity contribution in [1.29, 1.82) is 0 Å². The van der Waals surface area contributed by atoms with Crippen molar-refractivity contribution in [2.45, 2.75) is 50.6 Å². The van der Waals surface area contributed by atoms with Gasteiger partial charge in [0.15, 0.2) is 5.82 Å². The molecule has 2 aromatic rings. The van der Waals surface area contributed by atoms with Crippen molar-refractivity contribution < 1.29 is 32.2 Å². The average molecular weight is 476 g/mol. The van der Waals surface area contributed by atoms with E-state index in [0.717, 1.165) is 38.9 Å². The number of aryl methyl sites for hydroxylation is 1. The third kappa shape index (κ3) is 6.84. The molecule has 2 atom stereocenters. The number of piperidine rings is 1. The highest BCUT2D eigenvalue weighted by molar-refractivity contribution is 7.11. The lowest BCUT2D eigenvalue weighted by Gasteiger charge is -2.39. The Kier molecular flexibility index (Phi) is 7.67. The summed E-state index contributed by atoms with van der Waals surface area (Å²) in [7, 11) is 0. The number of carboxylic acid groups (broad SMARTS) is 1. The number of halogens is 4. The Morgan fingerprint density at radius 2 is 2.06 bits per heavy atom. The van der Waals surface area contributed by atoms with E-state index in [4.69, 9.17) is 14.6 Å². The molecule has 176 valence electrons. The largest absolute Gasteiger partial charge is 0.490 e. The summed E-state index contributed by atoms with van der Waals surface area (Å²) in [4.78, 5) is 22.2. The van der Waals surface area contributed by atoms with Gasteiger partial charge in [-0.15, -0.1) is 11.3 Å². The average Bonchev–Trinajstić information content (AvgIpc) is 3.29. The van der Waals surface area contributed by atoms with Gasteiger partial charge in [-0.05, 0) is 38.4 Å². The number of alkyl halides is 3. The fourth-order valence-electron chi connectivity index (χ4n) is 3.91. The van der Waals surface area contributed by atoms with Crippen LogP contribution >= 0.6 is 11.3 Å². The standard InChI is InChI=1S/C18H23FN4OS.C2HF3O2/c1-13-3-4-16(25-13)10-23-6-2-5-18(12-23)7-15(11-24-18)22-17-20-8-14(19)9-21-17;3-2(4,5)1(6)7/h3-4,8-9,15H,2,5-7,10-12H2,1H3,(H,20,21,22);(H,6,7). The fraction of sp³-hybridized carbons (Fsp3) is 0.550. The van der Waals surface area contributed by atoms with Crippen LogP contribution in [-0.2, 0) is 16.1 Å². The van der Waals surface area contributed by atoms with Crippen LogP contribution < -0.4 is 5.32 Å². The molecule has 12 heteroatoms. The maximum absolute atomic E-state index is 12.9. The van der Waals surface area contributed by atoms with E-state index < -0.39 is 18.0 Å². The lowest BCUT2D eigenvalue weighted by atomic mass is 9.88. The van der Waals surface area contributed by atoms with Gasteiger partial charge < -0.3 is 15.2 Å². The smallest absolute Gasteiger partial charge is 0.475 e. The molecule has 2 aliphatic rings. The number of aliphatic carboxylic acids is 1. The third-order valence-electron chi connectivity index (χ3n) is 5.20. The highest BCUT2D eigenvalue weighted by Crippen LogP contribution is 2.36. The lowest BCUT2D eigenvalue weighted by molar-refractivity contribution is -0.192. The minimum Gasteiger partial charge on any atom is -0.475 e. The Bertz CT molecular complexity index is 909. The number of nitrogens with one attached hydrogen (secondary N) is 1. The molecule has 2 N–H and O–H groups in total. The number of thiophene rings is 1. The number of ether oxygens (including phenoxy) is 1. The molecule has 0 bridgehead atoms. The maximum atomic E-state index is 12.9. The van der Waals surface area contributed by atoms with Gasteiger partial charge in [-0.25, -0.2) is 19.2 Å². The fourth-order valence-corrected chi connectivity index (χ4v) is 4.84. The summed E-state index contributed by atoms with van der Waals surface area (Å²) in [5.41, 5.74) is -0.0811. The molecule has 0 aromatic carbocycles. The quantitative estimate of drug-likeness (QED) is 0.648. The maximum Gasteiger partial charge on any atom is 0.490 e. The summed E-state index contributed by atoms with van der Waals surface area (Å²) in [5.74, 6) is -2.71. The molecule has 7 nitrogen and oxygen atoms in total. The summed E-state index contributed by atoms with van der Waals surface area (Å²) in [6, 6.07) is 4.59. The topological polar surface area (TPSA) is 87.6 Å². The van der Waals surface area contributed by atoms with Crippen molar-refractivity contribution >= 4 is 23.3 Å². The molecule has 2 aliphatic heterocycles. The number of rotatable bonds is 4. The highest BCUT2D eigenvalue weighted by Gasteiger charge is 2.43.